The highest BCUT2D eigenvalue weighted by Gasteiger charge is 2.21. The number of hydrogen-bond donors (Lipinski definition) is 2. The molecule has 0 amide bonds. The number of benzene rings is 1. The summed E-state index contributed by atoms with van der Waals surface area (Å²) in [5, 5.41) is 15.0. The molecule has 2 aromatic rings. The van der Waals surface area contributed by atoms with Crippen molar-refractivity contribution in [2.75, 3.05) is 5.32 Å². The Labute approximate surface area is 121 Å². The molecule has 0 bridgehead atoms. The molecule has 2 N–H and O–H groups in total. The number of carbonyl (C=O) groups is 1. The number of rotatable bonds is 5. The lowest BCUT2D eigenvalue weighted by Gasteiger charge is -2.09. The van der Waals surface area contributed by atoms with Crippen molar-refractivity contribution in [3.63, 3.8) is 0 Å². The fourth-order valence-electron chi connectivity index (χ4n) is 2.56. The average molecular weight is 288 g/mol. The van der Waals surface area contributed by atoms with Gasteiger partial charge in [-0.1, -0.05) is 24.3 Å². The molecular weight excluding hydrogens is 272 g/mol. The first-order chi connectivity index (χ1) is 9.70. The summed E-state index contributed by atoms with van der Waals surface area (Å²) in [7, 11) is 0. The zero-order chi connectivity index (χ0) is 13.9. The van der Waals surface area contributed by atoms with Crippen molar-refractivity contribution in [3.8, 4) is 0 Å². The molecule has 5 heteroatoms. The molecule has 3 rings (SSSR count). The Kier molecular flexibility index (Phi) is 3.69. The summed E-state index contributed by atoms with van der Waals surface area (Å²) in [5.41, 5.74) is 3.68. The summed E-state index contributed by atoms with van der Waals surface area (Å²) >= 11 is 1.55. The van der Waals surface area contributed by atoms with Gasteiger partial charge in [-0.2, -0.15) is 0 Å². The number of thiazole rings is 1. The van der Waals surface area contributed by atoms with Crippen LogP contribution in [0.15, 0.2) is 29.6 Å². The lowest BCUT2D eigenvalue weighted by Crippen LogP contribution is -2.19. The molecule has 0 atom stereocenters. The van der Waals surface area contributed by atoms with E-state index in [-0.39, 0.29) is 6.42 Å². The van der Waals surface area contributed by atoms with Gasteiger partial charge in [0, 0.05) is 17.8 Å². The Bertz CT molecular complexity index is 599. The first kappa shape index (κ1) is 13.1. The number of aryl methyl sites for hydroxylation is 1. The van der Waals surface area contributed by atoms with E-state index in [1.807, 2.05) is 5.38 Å². The second-order valence-electron chi connectivity index (χ2n) is 5.06. The van der Waals surface area contributed by atoms with Crippen LogP contribution >= 0.6 is 11.3 Å². The highest BCUT2D eigenvalue weighted by molar-refractivity contribution is 7.13. The van der Waals surface area contributed by atoms with Crippen molar-refractivity contribution >= 4 is 22.4 Å². The number of anilines is 1. The molecule has 0 fully saturated rings. The van der Waals surface area contributed by atoms with Crippen LogP contribution in [0.25, 0.3) is 0 Å². The Morgan fingerprint density at radius 3 is 2.70 bits per heavy atom. The van der Waals surface area contributed by atoms with E-state index in [2.05, 4.69) is 34.6 Å². The third-order valence-corrected chi connectivity index (χ3v) is 4.35. The summed E-state index contributed by atoms with van der Waals surface area (Å²) < 4.78 is 0. The van der Waals surface area contributed by atoms with Gasteiger partial charge in [-0.25, -0.2) is 4.98 Å². The molecule has 104 valence electrons. The molecule has 1 aromatic heterocycles. The largest absolute Gasteiger partial charge is 0.481 e. The standard InChI is InChI=1S/C15H16N2O2S/c18-14(19)6-5-12-9-20-15(16-12)17-13-7-10-3-1-2-4-11(10)8-13/h1-4,9,13H,5-8H2,(H,16,17)(H,18,19). The van der Waals surface area contributed by atoms with Gasteiger partial charge in [0.05, 0.1) is 12.1 Å². The molecule has 1 heterocycles. The van der Waals surface area contributed by atoms with E-state index in [0.717, 1.165) is 23.7 Å². The lowest BCUT2D eigenvalue weighted by atomic mass is 10.1. The number of aliphatic carboxylic acids is 1. The van der Waals surface area contributed by atoms with Crippen LogP contribution in [0, 0.1) is 0 Å². The van der Waals surface area contributed by atoms with Crippen molar-refractivity contribution in [1.29, 1.82) is 0 Å². The van der Waals surface area contributed by atoms with E-state index in [9.17, 15) is 4.79 Å². The Hall–Kier alpha value is -1.88. The van der Waals surface area contributed by atoms with Gasteiger partial charge in [0.2, 0.25) is 0 Å². The Morgan fingerprint density at radius 1 is 1.35 bits per heavy atom. The molecule has 1 aliphatic rings. The zero-order valence-corrected chi connectivity index (χ0v) is 11.8. The maximum atomic E-state index is 10.5. The molecular formula is C15H16N2O2S. The van der Waals surface area contributed by atoms with Crippen molar-refractivity contribution in [2.45, 2.75) is 31.7 Å². The number of aromatic nitrogens is 1. The molecule has 1 aliphatic carbocycles. The number of hydrogen-bond acceptors (Lipinski definition) is 4. The number of fused-ring (bicyclic) bond motifs is 1. The van der Waals surface area contributed by atoms with E-state index in [0.29, 0.717) is 12.5 Å². The van der Waals surface area contributed by atoms with Crippen molar-refractivity contribution in [1.82, 2.24) is 4.98 Å². The van der Waals surface area contributed by atoms with Gasteiger partial charge in [-0.15, -0.1) is 11.3 Å². The van der Waals surface area contributed by atoms with E-state index < -0.39 is 5.97 Å². The smallest absolute Gasteiger partial charge is 0.303 e. The third kappa shape index (κ3) is 2.99. The molecule has 0 saturated heterocycles. The fraction of sp³-hybridized carbons (Fsp3) is 0.333. The predicted molar refractivity (Wildman–Crippen MR) is 79.3 cm³/mol. The maximum absolute atomic E-state index is 10.5. The lowest BCUT2D eigenvalue weighted by molar-refractivity contribution is -0.136. The molecule has 0 unspecified atom stereocenters. The van der Waals surface area contributed by atoms with Gasteiger partial charge in [-0.05, 0) is 24.0 Å². The van der Waals surface area contributed by atoms with Gasteiger partial charge >= 0.3 is 5.97 Å². The van der Waals surface area contributed by atoms with E-state index in [1.165, 1.54) is 11.1 Å². The van der Waals surface area contributed by atoms with Crippen LogP contribution in [0.5, 0.6) is 0 Å². The second-order valence-corrected chi connectivity index (χ2v) is 5.91. The van der Waals surface area contributed by atoms with E-state index in [4.69, 9.17) is 5.11 Å². The minimum Gasteiger partial charge on any atom is -0.481 e. The molecule has 0 radical (unpaired) electrons. The molecule has 4 nitrogen and oxygen atoms in total. The van der Waals surface area contributed by atoms with Gasteiger partial charge in [0.15, 0.2) is 5.13 Å². The summed E-state index contributed by atoms with van der Waals surface area (Å²) in [4.78, 5) is 15.0. The fourth-order valence-corrected chi connectivity index (χ4v) is 3.38. The topological polar surface area (TPSA) is 62.2 Å². The SMILES string of the molecule is O=C(O)CCc1csc(NC2Cc3ccccc3C2)n1. The van der Waals surface area contributed by atoms with Crippen LogP contribution in [0.1, 0.15) is 23.2 Å². The summed E-state index contributed by atoms with van der Waals surface area (Å²) in [6.07, 6.45) is 2.69. The predicted octanol–water partition coefficient (Wildman–Crippen LogP) is 2.74. The second kappa shape index (κ2) is 5.63. The molecule has 0 aliphatic heterocycles. The zero-order valence-electron chi connectivity index (χ0n) is 11.0. The molecule has 1 aromatic carbocycles. The Balaban J connectivity index is 1.58. The van der Waals surface area contributed by atoms with Gasteiger partial charge in [0.1, 0.15) is 0 Å². The van der Waals surface area contributed by atoms with E-state index >= 15 is 0 Å². The van der Waals surface area contributed by atoms with Gasteiger partial charge in [0.25, 0.3) is 0 Å². The number of carboxylic acid groups (broad SMARTS) is 1. The van der Waals surface area contributed by atoms with Crippen LogP contribution in [0.4, 0.5) is 5.13 Å². The van der Waals surface area contributed by atoms with Crippen LogP contribution in [0.2, 0.25) is 0 Å². The summed E-state index contributed by atoms with van der Waals surface area (Å²) in [6.45, 7) is 0. The number of carboxylic acids is 1. The van der Waals surface area contributed by atoms with Crippen molar-refractivity contribution in [2.24, 2.45) is 0 Å². The van der Waals surface area contributed by atoms with Crippen LogP contribution in [0.3, 0.4) is 0 Å². The molecule has 0 saturated carbocycles. The van der Waals surface area contributed by atoms with E-state index in [1.54, 1.807) is 11.3 Å². The molecule has 20 heavy (non-hydrogen) atoms. The average Bonchev–Trinajstić information content (AvgIpc) is 3.02. The van der Waals surface area contributed by atoms with Crippen LogP contribution < -0.4 is 5.32 Å². The highest BCUT2D eigenvalue weighted by Crippen LogP contribution is 2.26. The molecule has 0 spiro atoms. The highest BCUT2D eigenvalue weighted by atomic mass is 32.1. The summed E-state index contributed by atoms with van der Waals surface area (Å²) in [6, 6.07) is 8.91. The van der Waals surface area contributed by atoms with Crippen molar-refractivity contribution < 1.29 is 9.90 Å². The maximum Gasteiger partial charge on any atom is 0.303 e. The Morgan fingerprint density at radius 2 is 2.05 bits per heavy atom. The number of nitrogens with zero attached hydrogens (tertiary/aromatic N) is 1. The monoisotopic (exact) mass is 288 g/mol. The van der Waals surface area contributed by atoms with Crippen LogP contribution in [-0.2, 0) is 24.1 Å². The third-order valence-electron chi connectivity index (χ3n) is 3.53. The normalized spacial score (nSPS) is 14.2. The summed E-state index contributed by atoms with van der Waals surface area (Å²) in [5.74, 6) is -0.779. The van der Waals surface area contributed by atoms with Crippen molar-refractivity contribution in [3.05, 3.63) is 46.5 Å². The van der Waals surface area contributed by atoms with Crippen LogP contribution in [-0.4, -0.2) is 22.1 Å². The first-order valence-corrected chi connectivity index (χ1v) is 7.58. The minimum absolute atomic E-state index is 0.137. The first-order valence-electron chi connectivity index (χ1n) is 6.70. The van der Waals surface area contributed by atoms with Gasteiger partial charge in [-0.3, -0.25) is 4.79 Å². The minimum atomic E-state index is -0.779. The van der Waals surface area contributed by atoms with Gasteiger partial charge < -0.3 is 10.4 Å². The number of nitrogens with one attached hydrogen (secondary N) is 1. The quantitative estimate of drug-likeness (QED) is 0.888.